The van der Waals surface area contributed by atoms with E-state index in [0.29, 0.717) is 5.75 Å². The summed E-state index contributed by atoms with van der Waals surface area (Å²) in [5, 5.41) is 18.6. The Hall–Kier alpha value is -0.480. The highest BCUT2D eigenvalue weighted by atomic mass is 32.2. The molecule has 0 heterocycles. The number of carbonyl (C=O) groups is 1. The van der Waals surface area contributed by atoms with Gasteiger partial charge in [-0.25, -0.2) is 4.79 Å². The van der Waals surface area contributed by atoms with Crippen molar-refractivity contribution in [2.45, 2.75) is 122 Å². The normalized spacial score (nSPS) is 12.2. The van der Waals surface area contributed by atoms with E-state index in [4.69, 9.17) is 5.11 Å². The summed E-state index contributed by atoms with van der Waals surface area (Å²) in [6.07, 6.45) is 21.9. The van der Waals surface area contributed by atoms with Gasteiger partial charge in [0.2, 0.25) is 0 Å². The van der Waals surface area contributed by atoms with E-state index in [2.05, 4.69) is 13.5 Å². The molecule has 1 atom stereocenters. The molecule has 0 aliphatic heterocycles. The molecular weight excluding hydrogens is 356 g/mol. The molecule has 0 radical (unpaired) electrons. The van der Waals surface area contributed by atoms with Crippen LogP contribution in [0, 0.1) is 0 Å². The monoisotopic (exact) mass is 400 g/mol. The van der Waals surface area contributed by atoms with Gasteiger partial charge >= 0.3 is 5.97 Å². The van der Waals surface area contributed by atoms with Gasteiger partial charge in [0.15, 0.2) is 0 Å². The quantitative estimate of drug-likeness (QED) is 0.156. The molecule has 0 aromatic rings. The summed E-state index contributed by atoms with van der Waals surface area (Å²) in [6.45, 7) is 5.73. The summed E-state index contributed by atoms with van der Waals surface area (Å²) in [4.78, 5) is 10.7. The minimum atomic E-state index is -0.991. The molecule has 0 rings (SSSR count). The van der Waals surface area contributed by atoms with Gasteiger partial charge < -0.3 is 10.2 Å². The molecule has 0 aliphatic carbocycles. The van der Waals surface area contributed by atoms with Gasteiger partial charge in [0.25, 0.3) is 0 Å². The second-order valence-corrected chi connectivity index (χ2v) is 8.90. The van der Waals surface area contributed by atoms with Crippen molar-refractivity contribution in [2.24, 2.45) is 0 Å². The Kier molecular flexibility index (Phi) is 19.9. The van der Waals surface area contributed by atoms with Gasteiger partial charge in [-0.3, -0.25) is 0 Å². The first-order valence-corrected chi connectivity index (χ1v) is 12.3. The molecule has 2 N–H and O–H groups in total. The third-order valence-electron chi connectivity index (χ3n) is 5.08. The fraction of sp³-hybridized carbons (Fsp3) is 0.870. The molecule has 4 heteroatoms. The van der Waals surface area contributed by atoms with Crippen LogP contribution >= 0.6 is 11.8 Å². The maximum Gasteiger partial charge on any atom is 0.341 e. The van der Waals surface area contributed by atoms with Gasteiger partial charge in [0.1, 0.15) is 0 Å². The van der Waals surface area contributed by atoms with Crippen LogP contribution < -0.4 is 0 Å². The van der Waals surface area contributed by atoms with Gasteiger partial charge in [-0.2, -0.15) is 0 Å². The molecule has 1 unspecified atom stereocenters. The zero-order chi connectivity index (χ0) is 20.2. The predicted molar refractivity (Wildman–Crippen MR) is 119 cm³/mol. The molecule has 0 aliphatic rings. The van der Waals surface area contributed by atoms with Crippen LogP contribution in [0.1, 0.15) is 116 Å². The average molecular weight is 401 g/mol. The van der Waals surface area contributed by atoms with Crippen LogP contribution in [0.2, 0.25) is 0 Å². The van der Waals surface area contributed by atoms with E-state index in [1.165, 1.54) is 96.3 Å². The Balaban J connectivity index is 3.18. The number of rotatable bonds is 21. The van der Waals surface area contributed by atoms with Crippen LogP contribution in [-0.4, -0.2) is 28.0 Å². The third kappa shape index (κ3) is 20.1. The summed E-state index contributed by atoms with van der Waals surface area (Å²) in [6, 6.07) is 0. The van der Waals surface area contributed by atoms with Gasteiger partial charge in [0.05, 0.1) is 11.0 Å². The molecule has 0 saturated heterocycles. The second-order valence-electron chi connectivity index (χ2n) is 7.79. The summed E-state index contributed by atoms with van der Waals surface area (Å²) in [5.41, 5.74) is 0. The van der Waals surface area contributed by atoms with Crippen molar-refractivity contribution >= 4 is 17.7 Å². The maximum atomic E-state index is 10.6. The number of aliphatic hydroxyl groups is 1. The Morgan fingerprint density at radius 3 is 1.52 bits per heavy atom. The minimum absolute atomic E-state index is 0.112. The Bertz CT molecular complexity index is 358. The fourth-order valence-electron chi connectivity index (χ4n) is 3.27. The summed E-state index contributed by atoms with van der Waals surface area (Å²) in [7, 11) is 0. The molecule has 27 heavy (non-hydrogen) atoms. The summed E-state index contributed by atoms with van der Waals surface area (Å²) in [5.74, 6) is -0.557. The second kappa shape index (κ2) is 20.3. The van der Waals surface area contributed by atoms with Gasteiger partial charge in [-0.1, -0.05) is 116 Å². The van der Waals surface area contributed by atoms with Crippen molar-refractivity contribution < 1.29 is 15.0 Å². The number of aliphatic carboxylic acids is 1. The van der Waals surface area contributed by atoms with Crippen molar-refractivity contribution in [3.8, 4) is 0 Å². The molecule has 0 aromatic carbocycles. The van der Waals surface area contributed by atoms with Crippen LogP contribution in [0.5, 0.6) is 0 Å². The Morgan fingerprint density at radius 1 is 0.778 bits per heavy atom. The zero-order valence-corrected chi connectivity index (χ0v) is 18.5. The van der Waals surface area contributed by atoms with Crippen LogP contribution in [0.4, 0.5) is 0 Å². The fourth-order valence-corrected chi connectivity index (χ4v) is 3.95. The first kappa shape index (κ1) is 26.5. The van der Waals surface area contributed by atoms with Crippen molar-refractivity contribution in [3.05, 3.63) is 11.5 Å². The number of thioether (sulfide) groups is 1. The molecule has 3 nitrogen and oxygen atoms in total. The Labute approximate surface area is 172 Å². The zero-order valence-electron chi connectivity index (χ0n) is 17.7. The molecule has 0 spiro atoms. The topological polar surface area (TPSA) is 57.5 Å². The SMILES string of the molecule is C=C(SCC(O)CCCCCCCCCCCCCCCCCC)C(=O)O. The van der Waals surface area contributed by atoms with Crippen molar-refractivity contribution in [3.63, 3.8) is 0 Å². The van der Waals surface area contributed by atoms with E-state index in [0.717, 1.165) is 24.6 Å². The highest BCUT2D eigenvalue weighted by Crippen LogP contribution is 2.18. The third-order valence-corrected chi connectivity index (χ3v) is 6.15. The number of unbranched alkanes of at least 4 members (excludes halogenated alkanes) is 15. The molecular formula is C23H44O3S. The maximum absolute atomic E-state index is 10.6. The first-order chi connectivity index (χ1) is 13.1. The lowest BCUT2D eigenvalue weighted by Crippen LogP contribution is -2.10. The average Bonchev–Trinajstić information content (AvgIpc) is 2.65. The molecule has 0 amide bonds. The highest BCUT2D eigenvalue weighted by molar-refractivity contribution is 8.03. The number of hydrogen-bond acceptors (Lipinski definition) is 3. The van der Waals surface area contributed by atoms with Gasteiger partial charge in [-0.15, -0.1) is 11.8 Å². The lowest BCUT2D eigenvalue weighted by Gasteiger charge is -2.09. The van der Waals surface area contributed by atoms with E-state index in [-0.39, 0.29) is 4.91 Å². The summed E-state index contributed by atoms with van der Waals surface area (Å²) >= 11 is 1.14. The van der Waals surface area contributed by atoms with Crippen LogP contribution in [0.15, 0.2) is 11.5 Å². The van der Waals surface area contributed by atoms with Crippen molar-refractivity contribution in [1.82, 2.24) is 0 Å². The van der Waals surface area contributed by atoms with Gasteiger partial charge in [0, 0.05) is 5.75 Å². The molecule has 0 saturated carbocycles. The largest absolute Gasteiger partial charge is 0.477 e. The smallest absolute Gasteiger partial charge is 0.341 e. The van der Waals surface area contributed by atoms with E-state index in [9.17, 15) is 9.90 Å². The van der Waals surface area contributed by atoms with E-state index >= 15 is 0 Å². The number of carboxylic acids is 1. The number of hydrogen-bond donors (Lipinski definition) is 2. The first-order valence-electron chi connectivity index (χ1n) is 11.3. The van der Waals surface area contributed by atoms with E-state index < -0.39 is 12.1 Å². The lowest BCUT2D eigenvalue weighted by molar-refractivity contribution is -0.131. The van der Waals surface area contributed by atoms with Crippen molar-refractivity contribution in [1.29, 1.82) is 0 Å². The Morgan fingerprint density at radius 2 is 1.15 bits per heavy atom. The van der Waals surface area contributed by atoms with E-state index in [1.807, 2.05) is 0 Å². The van der Waals surface area contributed by atoms with Crippen LogP contribution in [0.3, 0.4) is 0 Å². The molecule has 160 valence electrons. The van der Waals surface area contributed by atoms with Crippen LogP contribution in [0.25, 0.3) is 0 Å². The number of carboxylic acid groups (broad SMARTS) is 1. The van der Waals surface area contributed by atoms with Crippen molar-refractivity contribution in [2.75, 3.05) is 5.75 Å². The highest BCUT2D eigenvalue weighted by Gasteiger charge is 2.09. The molecule has 0 bridgehead atoms. The van der Waals surface area contributed by atoms with E-state index in [1.54, 1.807) is 0 Å². The lowest BCUT2D eigenvalue weighted by atomic mass is 10.0. The standard InChI is InChI=1S/C23H44O3S/c1-3-4-5-6-7-8-9-10-11-12-13-14-15-16-17-18-19-22(24)20-27-21(2)23(25)26/h22,24H,2-20H2,1H3,(H,25,26). The predicted octanol–water partition coefficient (Wildman–Crippen LogP) is 7.33. The molecule has 0 aromatic heterocycles. The minimum Gasteiger partial charge on any atom is -0.477 e. The van der Waals surface area contributed by atoms with Crippen LogP contribution in [-0.2, 0) is 4.79 Å². The molecule has 0 fully saturated rings. The van der Waals surface area contributed by atoms with Gasteiger partial charge in [-0.05, 0) is 6.42 Å². The number of aliphatic hydroxyl groups excluding tert-OH is 1. The summed E-state index contributed by atoms with van der Waals surface area (Å²) < 4.78 is 0.